The molecular weight excluding hydrogens is 218 g/mol. The highest BCUT2D eigenvalue weighted by molar-refractivity contribution is 5.80. The lowest BCUT2D eigenvalue weighted by Gasteiger charge is -2.25. The van der Waals surface area contributed by atoms with Gasteiger partial charge in [-0.2, -0.15) is 5.10 Å². The maximum atomic E-state index is 11.9. The van der Waals surface area contributed by atoms with Crippen LogP contribution in [-0.4, -0.2) is 38.2 Å². The van der Waals surface area contributed by atoms with E-state index in [0.717, 1.165) is 25.3 Å². The van der Waals surface area contributed by atoms with Gasteiger partial charge in [-0.05, 0) is 13.3 Å². The number of nitrogens with two attached hydrogens (primary N) is 1. The third-order valence-corrected chi connectivity index (χ3v) is 3.15. The molecule has 0 aromatic carbocycles. The Balaban J connectivity index is 2.31. The van der Waals surface area contributed by atoms with Crippen molar-refractivity contribution in [3.05, 3.63) is 12.2 Å². The van der Waals surface area contributed by atoms with Crippen LogP contribution in [0.1, 0.15) is 38.6 Å². The number of carbonyl (C=O) groups excluding carboxylic acids is 1. The Morgan fingerprint density at radius 2 is 2.29 bits per heavy atom. The standard InChI is InChI=1S/C11H19N5O/c1-3-5-15-9(17)6-8(12)10(15)11-13-7-14-16(11)4-2/h7-8,10H,3-6,12H2,1-2H3/t8-,10-/m0/s1. The first kappa shape index (κ1) is 12.0. The highest BCUT2D eigenvalue weighted by atomic mass is 16.2. The molecule has 6 nitrogen and oxygen atoms in total. The third-order valence-electron chi connectivity index (χ3n) is 3.15. The topological polar surface area (TPSA) is 77.0 Å². The van der Waals surface area contributed by atoms with E-state index in [2.05, 4.69) is 17.0 Å². The normalized spacial score (nSPS) is 24.6. The molecule has 1 aromatic heterocycles. The van der Waals surface area contributed by atoms with Gasteiger partial charge in [-0.25, -0.2) is 9.67 Å². The van der Waals surface area contributed by atoms with Crippen molar-refractivity contribution in [2.45, 2.75) is 45.3 Å². The number of nitrogens with zero attached hydrogens (tertiary/aromatic N) is 4. The van der Waals surface area contributed by atoms with Crippen LogP contribution < -0.4 is 5.73 Å². The minimum Gasteiger partial charge on any atom is -0.331 e. The molecule has 0 saturated carbocycles. The minimum atomic E-state index is -0.177. The predicted molar refractivity (Wildman–Crippen MR) is 63.0 cm³/mol. The van der Waals surface area contributed by atoms with E-state index < -0.39 is 0 Å². The zero-order valence-electron chi connectivity index (χ0n) is 10.3. The molecule has 1 saturated heterocycles. The molecule has 1 aliphatic heterocycles. The average molecular weight is 237 g/mol. The van der Waals surface area contributed by atoms with Gasteiger partial charge in [0.15, 0.2) is 5.82 Å². The van der Waals surface area contributed by atoms with Crippen LogP contribution >= 0.6 is 0 Å². The Kier molecular flexibility index (Phi) is 3.42. The number of aryl methyl sites for hydroxylation is 1. The molecule has 17 heavy (non-hydrogen) atoms. The van der Waals surface area contributed by atoms with Crippen molar-refractivity contribution in [1.29, 1.82) is 0 Å². The second-order valence-electron chi connectivity index (χ2n) is 4.33. The van der Waals surface area contributed by atoms with Crippen LogP contribution in [0.5, 0.6) is 0 Å². The summed E-state index contributed by atoms with van der Waals surface area (Å²) in [5, 5.41) is 4.15. The van der Waals surface area contributed by atoms with E-state index in [-0.39, 0.29) is 18.0 Å². The van der Waals surface area contributed by atoms with Crippen molar-refractivity contribution < 1.29 is 4.79 Å². The lowest BCUT2D eigenvalue weighted by atomic mass is 10.1. The second kappa shape index (κ2) is 4.83. The molecule has 0 bridgehead atoms. The molecule has 2 N–H and O–H groups in total. The molecule has 2 atom stereocenters. The number of amides is 1. The molecular formula is C11H19N5O. The molecule has 0 unspecified atom stereocenters. The van der Waals surface area contributed by atoms with Crippen LogP contribution in [0.4, 0.5) is 0 Å². The Labute approximate surface area is 101 Å². The van der Waals surface area contributed by atoms with E-state index in [9.17, 15) is 4.79 Å². The fraction of sp³-hybridized carbons (Fsp3) is 0.727. The van der Waals surface area contributed by atoms with Crippen LogP contribution in [0.2, 0.25) is 0 Å². The first-order chi connectivity index (χ1) is 8.19. The Morgan fingerprint density at radius 1 is 1.53 bits per heavy atom. The van der Waals surface area contributed by atoms with Crippen molar-refractivity contribution >= 4 is 5.91 Å². The fourth-order valence-electron chi connectivity index (χ4n) is 2.40. The van der Waals surface area contributed by atoms with Gasteiger partial charge in [-0.3, -0.25) is 4.79 Å². The van der Waals surface area contributed by atoms with Crippen molar-refractivity contribution in [1.82, 2.24) is 19.7 Å². The highest BCUT2D eigenvalue weighted by Gasteiger charge is 2.40. The van der Waals surface area contributed by atoms with Crippen LogP contribution in [0.25, 0.3) is 0 Å². The number of carbonyl (C=O) groups is 1. The third kappa shape index (κ3) is 2.04. The zero-order valence-corrected chi connectivity index (χ0v) is 10.3. The molecule has 1 fully saturated rings. The van der Waals surface area contributed by atoms with Gasteiger partial charge in [0, 0.05) is 25.6 Å². The molecule has 0 spiro atoms. The Bertz CT molecular complexity index is 402. The first-order valence-corrected chi connectivity index (χ1v) is 6.11. The zero-order chi connectivity index (χ0) is 12.4. The van der Waals surface area contributed by atoms with Crippen LogP contribution in [0.3, 0.4) is 0 Å². The summed E-state index contributed by atoms with van der Waals surface area (Å²) >= 11 is 0. The fourth-order valence-corrected chi connectivity index (χ4v) is 2.40. The van der Waals surface area contributed by atoms with E-state index in [0.29, 0.717) is 6.42 Å². The Morgan fingerprint density at radius 3 is 2.94 bits per heavy atom. The summed E-state index contributed by atoms with van der Waals surface area (Å²) in [6.07, 6.45) is 2.86. The number of likely N-dealkylation sites (tertiary alicyclic amines) is 1. The van der Waals surface area contributed by atoms with Gasteiger partial charge in [0.2, 0.25) is 5.91 Å². The van der Waals surface area contributed by atoms with Gasteiger partial charge in [0.05, 0.1) is 0 Å². The molecule has 1 amide bonds. The molecule has 1 aliphatic rings. The summed E-state index contributed by atoms with van der Waals surface area (Å²) in [6, 6.07) is -0.298. The van der Waals surface area contributed by atoms with Crippen molar-refractivity contribution in [2.24, 2.45) is 5.73 Å². The number of aromatic nitrogens is 3. The average Bonchev–Trinajstić information content (AvgIpc) is 2.85. The van der Waals surface area contributed by atoms with Gasteiger partial charge >= 0.3 is 0 Å². The molecule has 0 aliphatic carbocycles. The van der Waals surface area contributed by atoms with Gasteiger partial charge in [0.1, 0.15) is 12.4 Å². The lowest BCUT2D eigenvalue weighted by Crippen LogP contribution is -2.35. The van der Waals surface area contributed by atoms with E-state index in [4.69, 9.17) is 5.73 Å². The van der Waals surface area contributed by atoms with E-state index in [1.165, 1.54) is 6.33 Å². The number of hydrogen-bond donors (Lipinski definition) is 1. The maximum Gasteiger partial charge on any atom is 0.224 e. The lowest BCUT2D eigenvalue weighted by molar-refractivity contribution is -0.129. The SMILES string of the molecule is CCCN1C(=O)C[C@H](N)[C@H]1c1ncnn1CC. The summed E-state index contributed by atoms with van der Waals surface area (Å²) in [5.41, 5.74) is 6.06. The van der Waals surface area contributed by atoms with Crippen molar-refractivity contribution in [3.8, 4) is 0 Å². The quantitative estimate of drug-likeness (QED) is 0.817. The smallest absolute Gasteiger partial charge is 0.224 e. The van der Waals surface area contributed by atoms with Gasteiger partial charge in [-0.1, -0.05) is 6.92 Å². The summed E-state index contributed by atoms with van der Waals surface area (Å²) < 4.78 is 1.81. The molecule has 2 rings (SSSR count). The monoisotopic (exact) mass is 237 g/mol. The molecule has 6 heteroatoms. The second-order valence-corrected chi connectivity index (χ2v) is 4.33. The summed E-state index contributed by atoms with van der Waals surface area (Å²) in [5.74, 6) is 0.925. The number of hydrogen-bond acceptors (Lipinski definition) is 4. The predicted octanol–water partition coefficient (Wildman–Crippen LogP) is 0.309. The van der Waals surface area contributed by atoms with Gasteiger partial charge < -0.3 is 10.6 Å². The van der Waals surface area contributed by atoms with Gasteiger partial charge in [-0.15, -0.1) is 0 Å². The Hall–Kier alpha value is -1.43. The van der Waals surface area contributed by atoms with Crippen molar-refractivity contribution in [3.63, 3.8) is 0 Å². The van der Waals surface area contributed by atoms with Gasteiger partial charge in [0.25, 0.3) is 0 Å². The first-order valence-electron chi connectivity index (χ1n) is 6.11. The molecule has 2 heterocycles. The van der Waals surface area contributed by atoms with E-state index in [1.807, 2.05) is 16.5 Å². The van der Waals surface area contributed by atoms with Crippen LogP contribution in [0, 0.1) is 0 Å². The van der Waals surface area contributed by atoms with E-state index >= 15 is 0 Å². The summed E-state index contributed by atoms with van der Waals surface area (Å²) in [4.78, 5) is 18.0. The van der Waals surface area contributed by atoms with E-state index in [1.54, 1.807) is 0 Å². The molecule has 1 aromatic rings. The summed E-state index contributed by atoms with van der Waals surface area (Å²) in [7, 11) is 0. The largest absolute Gasteiger partial charge is 0.331 e. The molecule has 94 valence electrons. The van der Waals surface area contributed by atoms with Crippen LogP contribution in [-0.2, 0) is 11.3 Å². The maximum absolute atomic E-state index is 11.9. The molecule has 0 radical (unpaired) electrons. The van der Waals surface area contributed by atoms with Crippen LogP contribution in [0.15, 0.2) is 6.33 Å². The number of rotatable bonds is 4. The summed E-state index contributed by atoms with van der Waals surface area (Å²) in [6.45, 7) is 5.53. The minimum absolute atomic E-state index is 0.120. The van der Waals surface area contributed by atoms with Crippen molar-refractivity contribution in [2.75, 3.05) is 6.54 Å². The highest BCUT2D eigenvalue weighted by Crippen LogP contribution is 2.30.